The summed E-state index contributed by atoms with van der Waals surface area (Å²) in [4.78, 5) is 14.8. The smallest absolute Gasteiger partial charge is 0.285 e. The molecule has 0 aliphatic carbocycles. The third kappa shape index (κ3) is 3.35. The fourth-order valence-corrected chi connectivity index (χ4v) is 4.86. The molecule has 2 aromatic rings. The van der Waals surface area contributed by atoms with E-state index in [2.05, 4.69) is 9.71 Å². The van der Waals surface area contributed by atoms with E-state index in [1.54, 1.807) is 31.4 Å². The average molecular weight is 399 g/mol. The van der Waals surface area contributed by atoms with Crippen LogP contribution >= 0.6 is 0 Å². The number of benzene rings is 2. The number of fused-ring (bicyclic) bond motifs is 1. The number of amides is 1. The molecular weight excluding hydrogens is 378 g/mol. The molecule has 2 aliphatic heterocycles. The number of hydrogen-bond acceptors (Lipinski definition) is 5. The summed E-state index contributed by atoms with van der Waals surface area (Å²) in [6.07, 6.45) is 1.47. The summed E-state index contributed by atoms with van der Waals surface area (Å²) < 4.78 is 33.8. The summed E-state index contributed by atoms with van der Waals surface area (Å²) in [7, 11) is -2.09. The third-order valence-electron chi connectivity index (χ3n) is 5.07. The molecule has 28 heavy (non-hydrogen) atoms. The van der Waals surface area contributed by atoms with Crippen LogP contribution in [0.4, 0.5) is 0 Å². The van der Waals surface area contributed by atoms with Gasteiger partial charge in [0.05, 0.1) is 7.11 Å². The lowest BCUT2D eigenvalue weighted by molar-refractivity contribution is -0.124. The quantitative estimate of drug-likeness (QED) is 0.849. The van der Waals surface area contributed by atoms with Crippen molar-refractivity contribution in [3.8, 4) is 5.75 Å². The number of likely N-dealkylation sites (tertiary alicyclic amines) is 1. The van der Waals surface area contributed by atoms with Gasteiger partial charge in [0, 0.05) is 18.7 Å². The first-order valence-electron chi connectivity index (χ1n) is 9.11. The first-order chi connectivity index (χ1) is 13.5. The van der Waals surface area contributed by atoms with Crippen molar-refractivity contribution < 1.29 is 17.9 Å². The molecule has 0 saturated carbocycles. The van der Waals surface area contributed by atoms with Gasteiger partial charge in [0.25, 0.3) is 10.0 Å². The molecule has 1 atom stereocenters. The molecule has 0 spiro atoms. The Morgan fingerprint density at radius 1 is 1.21 bits per heavy atom. The van der Waals surface area contributed by atoms with Gasteiger partial charge in [0.1, 0.15) is 16.7 Å². The van der Waals surface area contributed by atoms with Gasteiger partial charge in [-0.1, -0.05) is 24.3 Å². The Bertz CT molecular complexity index is 1030. The van der Waals surface area contributed by atoms with Crippen molar-refractivity contribution in [1.29, 1.82) is 0 Å². The number of nitrogens with one attached hydrogen (secondary N) is 1. The van der Waals surface area contributed by atoms with E-state index in [9.17, 15) is 13.2 Å². The van der Waals surface area contributed by atoms with Gasteiger partial charge < -0.3 is 15.0 Å². The van der Waals surface area contributed by atoms with Crippen LogP contribution in [0.1, 0.15) is 24.0 Å². The molecule has 1 unspecified atom stereocenters. The minimum Gasteiger partial charge on any atom is -0.497 e. The summed E-state index contributed by atoms with van der Waals surface area (Å²) in [6, 6.07) is 13.8. The minimum atomic E-state index is -3.70. The maximum absolute atomic E-state index is 12.8. The van der Waals surface area contributed by atoms with Crippen molar-refractivity contribution in [1.82, 2.24) is 10.2 Å². The molecule has 4 rings (SSSR count). The molecule has 2 aromatic carbocycles. The standard InChI is InChI=1S/C20H21N3O4S/c1-27-15-10-8-14(9-11-15)13-21-20(24)17-6-4-12-23(17)19-16-5-2-3-7-18(16)28(25,26)22-19/h2-3,5,7-11,17H,4,6,12-13H2,1H3,(H,21,24). The topological polar surface area (TPSA) is 88.1 Å². The van der Waals surface area contributed by atoms with Crippen molar-refractivity contribution in [2.24, 2.45) is 4.40 Å². The zero-order valence-corrected chi connectivity index (χ0v) is 16.3. The third-order valence-corrected chi connectivity index (χ3v) is 6.39. The van der Waals surface area contributed by atoms with Gasteiger partial charge in [-0.15, -0.1) is 4.40 Å². The molecule has 2 aliphatic rings. The average Bonchev–Trinajstić information content (AvgIpc) is 3.29. The maximum Gasteiger partial charge on any atom is 0.285 e. The highest BCUT2D eigenvalue weighted by molar-refractivity contribution is 7.90. The van der Waals surface area contributed by atoms with Crippen molar-refractivity contribution in [3.05, 3.63) is 59.7 Å². The molecule has 1 fully saturated rings. The summed E-state index contributed by atoms with van der Waals surface area (Å²) in [5, 5.41) is 2.95. The van der Waals surface area contributed by atoms with E-state index in [1.807, 2.05) is 29.2 Å². The van der Waals surface area contributed by atoms with Crippen molar-refractivity contribution in [3.63, 3.8) is 0 Å². The van der Waals surface area contributed by atoms with Crippen LogP contribution in [0, 0.1) is 0 Å². The van der Waals surface area contributed by atoms with Gasteiger partial charge in [-0.2, -0.15) is 8.42 Å². The van der Waals surface area contributed by atoms with E-state index in [4.69, 9.17) is 4.74 Å². The van der Waals surface area contributed by atoms with E-state index in [0.717, 1.165) is 17.7 Å². The number of sulfonamides is 1. The molecule has 2 heterocycles. The summed E-state index contributed by atoms with van der Waals surface area (Å²) in [5.74, 6) is 1.01. The number of nitrogens with zero attached hydrogens (tertiary/aromatic N) is 2. The fourth-order valence-electron chi connectivity index (χ4n) is 3.64. The maximum atomic E-state index is 12.8. The van der Waals surface area contributed by atoms with Crippen LogP contribution in [0.15, 0.2) is 57.8 Å². The van der Waals surface area contributed by atoms with Crippen molar-refractivity contribution in [2.75, 3.05) is 13.7 Å². The molecule has 146 valence electrons. The van der Waals surface area contributed by atoms with Gasteiger partial charge >= 0.3 is 0 Å². The molecule has 0 radical (unpaired) electrons. The van der Waals surface area contributed by atoms with E-state index >= 15 is 0 Å². The predicted molar refractivity (Wildman–Crippen MR) is 105 cm³/mol. The van der Waals surface area contributed by atoms with Crippen molar-refractivity contribution in [2.45, 2.75) is 30.3 Å². The lowest BCUT2D eigenvalue weighted by Crippen LogP contribution is -2.45. The lowest BCUT2D eigenvalue weighted by atomic mass is 10.1. The molecule has 7 nitrogen and oxygen atoms in total. The van der Waals surface area contributed by atoms with Crippen LogP contribution in [0.3, 0.4) is 0 Å². The van der Waals surface area contributed by atoms with E-state index < -0.39 is 16.1 Å². The van der Waals surface area contributed by atoms with Gasteiger partial charge in [0.2, 0.25) is 5.91 Å². The summed E-state index contributed by atoms with van der Waals surface area (Å²) >= 11 is 0. The van der Waals surface area contributed by atoms with Crippen LogP contribution in [-0.2, 0) is 21.4 Å². The number of carbonyl (C=O) groups is 1. The number of hydrogen-bond donors (Lipinski definition) is 1. The number of methoxy groups -OCH3 is 1. The second-order valence-electron chi connectivity index (χ2n) is 6.80. The molecule has 0 aromatic heterocycles. The molecule has 1 N–H and O–H groups in total. The molecule has 8 heteroatoms. The van der Waals surface area contributed by atoms with Crippen LogP contribution in [0.2, 0.25) is 0 Å². The van der Waals surface area contributed by atoms with Gasteiger partial charge in [-0.3, -0.25) is 4.79 Å². The van der Waals surface area contributed by atoms with Crippen LogP contribution in [-0.4, -0.2) is 44.8 Å². The number of ether oxygens (including phenoxy) is 1. The second kappa shape index (κ2) is 7.27. The SMILES string of the molecule is COc1ccc(CNC(=O)C2CCCN2C2=NS(=O)(=O)c3ccccc32)cc1. The van der Waals surface area contributed by atoms with Crippen LogP contribution in [0.25, 0.3) is 0 Å². The van der Waals surface area contributed by atoms with Gasteiger partial charge in [0.15, 0.2) is 5.84 Å². The predicted octanol–water partition coefficient (Wildman–Crippen LogP) is 1.92. The molecule has 0 bridgehead atoms. The molecule has 1 amide bonds. The first-order valence-corrected chi connectivity index (χ1v) is 10.6. The Balaban J connectivity index is 1.50. The number of rotatable bonds is 4. The van der Waals surface area contributed by atoms with E-state index in [-0.39, 0.29) is 10.8 Å². The highest BCUT2D eigenvalue weighted by atomic mass is 32.2. The molecule has 1 saturated heterocycles. The Hall–Kier alpha value is -2.87. The monoisotopic (exact) mass is 399 g/mol. The summed E-state index contributed by atoms with van der Waals surface area (Å²) in [6.45, 7) is 0.998. The number of carbonyl (C=O) groups excluding carboxylic acids is 1. The van der Waals surface area contributed by atoms with Crippen molar-refractivity contribution >= 4 is 21.8 Å². The normalized spacial score (nSPS) is 19.8. The molecular formula is C20H21N3O4S. The highest BCUT2D eigenvalue weighted by Gasteiger charge is 2.39. The van der Waals surface area contributed by atoms with Crippen LogP contribution < -0.4 is 10.1 Å². The lowest BCUT2D eigenvalue weighted by Gasteiger charge is -2.25. The summed E-state index contributed by atoms with van der Waals surface area (Å²) in [5.41, 5.74) is 1.53. The Morgan fingerprint density at radius 3 is 2.71 bits per heavy atom. The number of amidine groups is 1. The van der Waals surface area contributed by atoms with Crippen LogP contribution in [0.5, 0.6) is 5.75 Å². The second-order valence-corrected chi connectivity index (χ2v) is 8.38. The van der Waals surface area contributed by atoms with Gasteiger partial charge in [-0.25, -0.2) is 0 Å². The first kappa shape index (κ1) is 18.5. The van der Waals surface area contributed by atoms with E-state index in [0.29, 0.717) is 30.9 Å². The Kier molecular flexibility index (Phi) is 4.80. The Morgan fingerprint density at radius 2 is 1.96 bits per heavy atom. The largest absolute Gasteiger partial charge is 0.497 e. The Labute approximate surface area is 164 Å². The highest BCUT2D eigenvalue weighted by Crippen LogP contribution is 2.31. The van der Waals surface area contributed by atoms with Gasteiger partial charge in [-0.05, 0) is 42.7 Å². The zero-order chi connectivity index (χ0) is 19.7. The fraction of sp³-hybridized carbons (Fsp3) is 0.300. The minimum absolute atomic E-state index is 0.127. The van der Waals surface area contributed by atoms with E-state index in [1.165, 1.54) is 0 Å². The zero-order valence-electron chi connectivity index (χ0n) is 15.5.